The van der Waals surface area contributed by atoms with Crippen molar-refractivity contribution >= 4 is 17.6 Å². The van der Waals surface area contributed by atoms with E-state index in [4.69, 9.17) is 0 Å². The first-order valence-corrected chi connectivity index (χ1v) is 8.73. The number of hydrogen-bond acceptors (Lipinski definition) is 3. The van der Waals surface area contributed by atoms with Crippen LogP contribution in [0.15, 0.2) is 18.2 Å². The first-order valence-electron chi connectivity index (χ1n) is 8.73. The Morgan fingerprint density at radius 3 is 2.50 bits per heavy atom. The molecule has 24 heavy (non-hydrogen) atoms. The number of aryl methyl sites for hydroxylation is 2. The van der Waals surface area contributed by atoms with Gasteiger partial charge in [0, 0.05) is 24.9 Å². The van der Waals surface area contributed by atoms with Crippen LogP contribution in [0.25, 0.3) is 0 Å². The Morgan fingerprint density at radius 1 is 1.08 bits per heavy atom. The summed E-state index contributed by atoms with van der Waals surface area (Å²) >= 11 is 0. The number of nitrogens with one attached hydrogen (secondary N) is 2. The molecule has 2 amide bonds. The van der Waals surface area contributed by atoms with E-state index in [9.17, 15) is 14.4 Å². The fourth-order valence-electron chi connectivity index (χ4n) is 2.98. The number of benzene rings is 1. The first-order chi connectivity index (χ1) is 11.5. The van der Waals surface area contributed by atoms with Gasteiger partial charge in [-0.3, -0.25) is 14.4 Å². The maximum atomic E-state index is 12.3. The Morgan fingerprint density at radius 2 is 1.79 bits per heavy atom. The average Bonchev–Trinajstić information content (AvgIpc) is 2.59. The van der Waals surface area contributed by atoms with Crippen LogP contribution in [0.3, 0.4) is 0 Å². The molecule has 0 fully saturated rings. The third-order valence-electron chi connectivity index (χ3n) is 4.37. The van der Waals surface area contributed by atoms with Gasteiger partial charge in [0.2, 0.25) is 11.8 Å². The number of Topliss-reactive ketones (excluding diaryl/α,β-unsaturated/α-hetero) is 1. The van der Waals surface area contributed by atoms with Gasteiger partial charge >= 0.3 is 0 Å². The van der Waals surface area contributed by atoms with Gasteiger partial charge in [0.05, 0.1) is 0 Å². The predicted molar refractivity (Wildman–Crippen MR) is 92.9 cm³/mol. The minimum atomic E-state index is -0.587. The van der Waals surface area contributed by atoms with E-state index in [1.165, 1.54) is 24.0 Å². The number of carbonyl (C=O) groups is 3. The van der Waals surface area contributed by atoms with Crippen molar-refractivity contribution in [3.63, 3.8) is 0 Å². The highest BCUT2D eigenvalue weighted by Gasteiger charge is 2.17. The molecule has 0 radical (unpaired) electrons. The van der Waals surface area contributed by atoms with Crippen LogP contribution in [0, 0.1) is 0 Å². The fraction of sp³-hybridized carbons (Fsp3) is 0.526. The maximum absolute atomic E-state index is 12.3. The Kier molecular flexibility index (Phi) is 6.53. The molecule has 1 aromatic rings. The fourth-order valence-corrected chi connectivity index (χ4v) is 2.98. The van der Waals surface area contributed by atoms with Gasteiger partial charge in [0.1, 0.15) is 6.04 Å². The van der Waals surface area contributed by atoms with Gasteiger partial charge in [-0.05, 0) is 56.7 Å². The molecular formula is C19H26N2O3. The van der Waals surface area contributed by atoms with Gasteiger partial charge in [-0.25, -0.2) is 0 Å². The van der Waals surface area contributed by atoms with E-state index < -0.39 is 6.04 Å². The lowest BCUT2D eigenvalue weighted by atomic mass is 9.89. The summed E-state index contributed by atoms with van der Waals surface area (Å²) in [4.78, 5) is 35.8. The van der Waals surface area contributed by atoms with Gasteiger partial charge in [-0.15, -0.1) is 0 Å². The first kappa shape index (κ1) is 18.2. The Hall–Kier alpha value is -2.17. The van der Waals surface area contributed by atoms with Crippen LogP contribution in [0.2, 0.25) is 0 Å². The molecule has 0 heterocycles. The smallest absolute Gasteiger partial charge is 0.242 e. The van der Waals surface area contributed by atoms with Crippen LogP contribution in [-0.2, 0) is 22.4 Å². The SMILES string of the molecule is CCNC(=O)[C@@H](C)NC(=O)CCC(=O)c1ccc2c(c1)CCCC2. The van der Waals surface area contributed by atoms with Crippen LogP contribution in [-0.4, -0.2) is 30.2 Å². The quantitative estimate of drug-likeness (QED) is 0.752. The highest BCUT2D eigenvalue weighted by molar-refractivity contribution is 5.98. The number of ketones is 1. The van der Waals surface area contributed by atoms with Crippen molar-refractivity contribution in [2.75, 3.05) is 6.54 Å². The van der Waals surface area contributed by atoms with Crippen LogP contribution in [0.4, 0.5) is 0 Å². The van der Waals surface area contributed by atoms with E-state index in [0.29, 0.717) is 12.1 Å². The van der Waals surface area contributed by atoms with E-state index in [-0.39, 0.29) is 30.4 Å². The van der Waals surface area contributed by atoms with Crippen molar-refractivity contribution in [2.24, 2.45) is 0 Å². The second-order valence-electron chi connectivity index (χ2n) is 6.30. The van der Waals surface area contributed by atoms with Crippen molar-refractivity contribution in [1.82, 2.24) is 10.6 Å². The monoisotopic (exact) mass is 330 g/mol. The van der Waals surface area contributed by atoms with E-state index >= 15 is 0 Å². The lowest BCUT2D eigenvalue weighted by Crippen LogP contribution is -2.44. The Bertz CT molecular complexity index is 625. The van der Waals surface area contributed by atoms with E-state index in [0.717, 1.165) is 12.8 Å². The minimum absolute atomic E-state index is 0.0239. The number of likely N-dealkylation sites (N-methyl/N-ethyl adjacent to an activating group) is 1. The molecule has 0 unspecified atom stereocenters. The predicted octanol–water partition coefficient (Wildman–Crippen LogP) is 2.17. The number of carbonyl (C=O) groups excluding carboxylic acids is 3. The van der Waals surface area contributed by atoms with E-state index in [1.807, 2.05) is 25.1 Å². The normalized spacial score (nSPS) is 14.4. The molecule has 1 aromatic carbocycles. The lowest BCUT2D eigenvalue weighted by Gasteiger charge is -2.16. The van der Waals surface area contributed by atoms with Crippen LogP contribution >= 0.6 is 0 Å². The summed E-state index contributed by atoms with van der Waals surface area (Å²) in [6, 6.07) is 5.29. The molecule has 5 nitrogen and oxygen atoms in total. The van der Waals surface area contributed by atoms with Crippen molar-refractivity contribution in [3.05, 3.63) is 34.9 Å². The molecule has 0 spiro atoms. The topological polar surface area (TPSA) is 75.3 Å². The standard InChI is InChI=1S/C19H26N2O3/c1-3-20-19(24)13(2)21-18(23)11-10-17(22)16-9-8-14-6-4-5-7-15(14)12-16/h8-9,12-13H,3-7,10-11H2,1-2H3,(H,20,24)(H,21,23)/t13-/m1/s1. The largest absolute Gasteiger partial charge is 0.355 e. The molecule has 0 aromatic heterocycles. The van der Waals surface area contributed by atoms with Crippen LogP contribution in [0.1, 0.15) is 61.0 Å². The molecule has 1 aliphatic rings. The molecule has 2 rings (SSSR count). The molecule has 5 heteroatoms. The van der Waals surface area contributed by atoms with Gasteiger partial charge in [-0.1, -0.05) is 12.1 Å². The highest BCUT2D eigenvalue weighted by Crippen LogP contribution is 2.22. The zero-order valence-electron chi connectivity index (χ0n) is 14.5. The summed E-state index contributed by atoms with van der Waals surface area (Å²) in [5, 5.41) is 5.27. The summed E-state index contributed by atoms with van der Waals surface area (Å²) in [5.41, 5.74) is 3.29. The molecule has 130 valence electrons. The van der Waals surface area contributed by atoms with E-state index in [2.05, 4.69) is 10.6 Å². The Balaban J connectivity index is 1.84. The molecule has 0 saturated carbocycles. The number of hydrogen-bond donors (Lipinski definition) is 2. The number of amides is 2. The zero-order chi connectivity index (χ0) is 17.5. The molecule has 0 bridgehead atoms. The zero-order valence-corrected chi connectivity index (χ0v) is 14.5. The summed E-state index contributed by atoms with van der Waals surface area (Å²) in [7, 11) is 0. The molecule has 2 N–H and O–H groups in total. The van der Waals surface area contributed by atoms with Crippen molar-refractivity contribution < 1.29 is 14.4 Å². The summed E-state index contributed by atoms with van der Waals surface area (Å²) in [5.74, 6) is -0.517. The van der Waals surface area contributed by atoms with Gasteiger partial charge in [-0.2, -0.15) is 0 Å². The maximum Gasteiger partial charge on any atom is 0.242 e. The lowest BCUT2D eigenvalue weighted by molar-refractivity contribution is -0.128. The van der Waals surface area contributed by atoms with Gasteiger partial charge < -0.3 is 10.6 Å². The second-order valence-corrected chi connectivity index (χ2v) is 6.30. The van der Waals surface area contributed by atoms with Crippen molar-refractivity contribution in [1.29, 1.82) is 0 Å². The third-order valence-corrected chi connectivity index (χ3v) is 4.37. The number of fused-ring (bicyclic) bond motifs is 1. The van der Waals surface area contributed by atoms with Crippen LogP contribution in [0.5, 0.6) is 0 Å². The van der Waals surface area contributed by atoms with Crippen LogP contribution < -0.4 is 10.6 Å². The molecule has 0 aliphatic heterocycles. The summed E-state index contributed by atoms with van der Waals surface area (Å²) < 4.78 is 0. The van der Waals surface area contributed by atoms with E-state index in [1.54, 1.807) is 6.92 Å². The Labute approximate surface area is 143 Å². The molecular weight excluding hydrogens is 304 g/mol. The summed E-state index contributed by atoms with van der Waals surface area (Å²) in [6.45, 7) is 3.98. The van der Waals surface area contributed by atoms with Crippen molar-refractivity contribution in [2.45, 2.75) is 58.4 Å². The molecule has 1 aliphatic carbocycles. The highest BCUT2D eigenvalue weighted by atomic mass is 16.2. The minimum Gasteiger partial charge on any atom is -0.355 e. The van der Waals surface area contributed by atoms with Gasteiger partial charge in [0.25, 0.3) is 0 Å². The summed E-state index contributed by atoms with van der Waals surface area (Å²) in [6.07, 6.45) is 4.76. The number of rotatable bonds is 7. The van der Waals surface area contributed by atoms with Gasteiger partial charge in [0.15, 0.2) is 5.78 Å². The molecule has 1 atom stereocenters. The third kappa shape index (κ3) is 4.91. The second kappa shape index (κ2) is 8.62. The average molecular weight is 330 g/mol. The van der Waals surface area contributed by atoms with Crippen molar-refractivity contribution in [3.8, 4) is 0 Å². The molecule has 0 saturated heterocycles.